The molecule has 0 unspecified atom stereocenters. The fourth-order valence-corrected chi connectivity index (χ4v) is 2.55. The number of rotatable bonds is 4. The standard InChI is InChI=1S/C19H18N2O3/c1-12-4-3-5-13(8-12)18(22)20-11-15-9-14-10-16(24-2)6-7-17(14)21-19(15)23/h3-10H,11H2,1-2H3,(H,20,22)(H,21,23). The summed E-state index contributed by atoms with van der Waals surface area (Å²) in [6.45, 7) is 2.09. The normalized spacial score (nSPS) is 10.6. The van der Waals surface area contributed by atoms with E-state index in [0.29, 0.717) is 16.9 Å². The molecule has 24 heavy (non-hydrogen) atoms. The van der Waals surface area contributed by atoms with Crippen LogP contribution in [-0.4, -0.2) is 18.0 Å². The number of hydrogen-bond donors (Lipinski definition) is 2. The van der Waals surface area contributed by atoms with Crippen molar-refractivity contribution in [2.75, 3.05) is 7.11 Å². The summed E-state index contributed by atoms with van der Waals surface area (Å²) < 4.78 is 5.20. The molecule has 0 aliphatic heterocycles. The Hall–Kier alpha value is -3.08. The average molecular weight is 322 g/mol. The molecule has 2 N–H and O–H groups in total. The number of ether oxygens (including phenoxy) is 1. The van der Waals surface area contributed by atoms with Gasteiger partial charge in [-0.25, -0.2) is 0 Å². The van der Waals surface area contributed by atoms with Crippen molar-refractivity contribution >= 4 is 16.8 Å². The summed E-state index contributed by atoms with van der Waals surface area (Å²) in [4.78, 5) is 27.2. The molecular weight excluding hydrogens is 304 g/mol. The summed E-state index contributed by atoms with van der Waals surface area (Å²) in [5.74, 6) is 0.508. The summed E-state index contributed by atoms with van der Waals surface area (Å²) in [5, 5.41) is 3.64. The molecule has 0 atom stereocenters. The van der Waals surface area contributed by atoms with Gasteiger partial charge in [0.15, 0.2) is 0 Å². The van der Waals surface area contributed by atoms with E-state index >= 15 is 0 Å². The van der Waals surface area contributed by atoms with Gasteiger partial charge < -0.3 is 15.0 Å². The molecule has 0 saturated heterocycles. The van der Waals surface area contributed by atoms with Crippen molar-refractivity contribution in [1.29, 1.82) is 0 Å². The Morgan fingerprint density at radius 3 is 2.75 bits per heavy atom. The summed E-state index contributed by atoms with van der Waals surface area (Å²) in [6.07, 6.45) is 0. The quantitative estimate of drug-likeness (QED) is 0.776. The van der Waals surface area contributed by atoms with Crippen LogP contribution in [0.3, 0.4) is 0 Å². The van der Waals surface area contributed by atoms with Gasteiger partial charge in [0.1, 0.15) is 5.75 Å². The van der Waals surface area contributed by atoms with Gasteiger partial charge in [-0.2, -0.15) is 0 Å². The number of carbonyl (C=O) groups is 1. The average Bonchev–Trinajstić information content (AvgIpc) is 2.59. The molecule has 1 amide bonds. The van der Waals surface area contributed by atoms with E-state index < -0.39 is 0 Å². The Labute approximate surface area is 139 Å². The molecule has 0 radical (unpaired) electrons. The largest absolute Gasteiger partial charge is 0.497 e. The molecule has 0 saturated carbocycles. The van der Waals surface area contributed by atoms with Gasteiger partial charge in [-0.05, 0) is 43.3 Å². The first-order valence-electron chi connectivity index (χ1n) is 7.61. The van der Waals surface area contributed by atoms with Crippen molar-refractivity contribution in [2.24, 2.45) is 0 Å². The second-order valence-electron chi connectivity index (χ2n) is 5.63. The molecule has 1 heterocycles. The fourth-order valence-electron chi connectivity index (χ4n) is 2.55. The molecule has 0 fully saturated rings. The fraction of sp³-hybridized carbons (Fsp3) is 0.158. The zero-order valence-corrected chi connectivity index (χ0v) is 13.6. The van der Waals surface area contributed by atoms with Crippen LogP contribution in [0.15, 0.2) is 53.3 Å². The van der Waals surface area contributed by atoms with Gasteiger partial charge in [-0.3, -0.25) is 9.59 Å². The van der Waals surface area contributed by atoms with E-state index in [1.807, 2.05) is 31.2 Å². The van der Waals surface area contributed by atoms with Crippen LogP contribution in [0.2, 0.25) is 0 Å². The maximum absolute atomic E-state index is 12.2. The van der Waals surface area contributed by atoms with Crippen molar-refractivity contribution in [3.63, 3.8) is 0 Å². The Balaban J connectivity index is 1.83. The molecule has 0 aliphatic rings. The topological polar surface area (TPSA) is 71.2 Å². The number of pyridine rings is 1. The van der Waals surface area contributed by atoms with Gasteiger partial charge in [0.05, 0.1) is 7.11 Å². The van der Waals surface area contributed by atoms with E-state index in [1.165, 1.54) is 0 Å². The highest BCUT2D eigenvalue weighted by molar-refractivity contribution is 5.94. The highest BCUT2D eigenvalue weighted by atomic mass is 16.5. The number of H-pyrrole nitrogens is 1. The minimum absolute atomic E-state index is 0.162. The Kier molecular flexibility index (Phi) is 4.33. The van der Waals surface area contributed by atoms with Crippen LogP contribution < -0.4 is 15.6 Å². The molecular formula is C19H18N2O3. The monoisotopic (exact) mass is 322 g/mol. The van der Waals surface area contributed by atoms with Crippen molar-refractivity contribution in [1.82, 2.24) is 10.3 Å². The van der Waals surface area contributed by atoms with E-state index in [1.54, 1.807) is 31.4 Å². The van der Waals surface area contributed by atoms with Crippen LogP contribution in [0.4, 0.5) is 0 Å². The van der Waals surface area contributed by atoms with Crippen LogP contribution >= 0.6 is 0 Å². The SMILES string of the molecule is COc1ccc2[nH]c(=O)c(CNC(=O)c3cccc(C)c3)cc2c1. The highest BCUT2D eigenvalue weighted by Gasteiger charge is 2.08. The number of benzene rings is 2. The van der Waals surface area contributed by atoms with Gasteiger partial charge in [0.2, 0.25) is 0 Å². The maximum atomic E-state index is 12.2. The van der Waals surface area contributed by atoms with Crippen molar-refractivity contribution < 1.29 is 9.53 Å². The van der Waals surface area contributed by atoms with E-state index in [-0.39, 0.29) is 18.0 Å². The van der Waals surface area contributed by atoms with Crippen LogP contribution in [0.25, 0.3) is 10.9 Å². The summed E-state index contributed by atoms with van der Waals surface area (Å²) in [6, 6.07) is 14.5. The van der Waals surface area contributed by atoms with Gasteiger partial charge in [0.25, 0.3) is 11.5 Å². The summed E-state index contributed by atoms with van der Waals surface area (Å²) in [7, 11) is 1.59. The minimum atomic E-state index is -0.211. The number of fused-ring (bicyclic) bond motifs is 1. The molecule has 5 heteroatoms. The number of aryl methyl sites for hydroxylation is 1. The molecule has 1 aromatic heterocycles. The van der Waals surface area contributed by atoms with E-state index in [4.69, 9.17) is 4.74 Å². The van der Waals surface area contributed by atoms with Crippen LogP contribution in [0, 0.1) is 6.92 Å². The molecule has 3 aromatic rings. The predicted molar refractivity (Wildman–Crippen MR) is 93.5 cm³/mol. The van der Waals surface area contributed by atoms with Crippen LogP contribution in [0.1, 0.15) is 21.5 Å². The number of methoxy groups -OCH3 is 1. The number of nitrogens with one attached hydrogen (secondary N) is 2. The van der Waals surface area contributed by atoms with Gasteiger partial charge in [-0.1, -0.05) is 17.7 Å². The first kappa shape index (κ1) is 15.8. The highest BCUT2D eigenvalue weighted by Crippen LogP contribution is 2.18. The molecule has 0 aliphatic carbocycles. The zero-order valence-electron chi connectivity index (χ0n) is 13.6. The lowest BCUT2D eigenvalue weighted by Crippen LogP contribution is -2.26. The third-order valence-corrected chi connectivity index (χ3v) is 3.85. The van der Waals surface area contributed by atoms with Crippen molar-refractivity contribution in [2.45, 2.75) is 13.5 Å². The summed E-state index contributed by atoms with van der Waals surface area (Å²) in [5.41, 5.74) is 2.61. The number of hydrogen-bond acceptors (Lipinski definition) is 3. The summed E-state index contributed by atoms with van der Waals surface area (Å²) >= 11 is 0. The predicted octanol–water partition coefficient (Wildman–Crippen LogP) is 2.78. The maximum Gasteiger partial charge on any atom is 0.253 e. The number of carbonyl (C=O) groups excluding carboxylic acids is 1. The Bertz CT molecular complexity index is 960. The minimum Gasteiger partial charge on any atom is -0.497 e. The smallest absolute Gasteiger partial charge is 0.253 e. The number of aromatic amines is 1. The lowest BCUT2D eigenvalue weighted by Gasteiger charge is -2.07. The molecule has 0 spiro atoms. The third-order valence-electron chi connectivity index (χ3n) is 3.85. The lowest BCUT2D eigenvalue weighted by atomic mass is 10.1. The second kappa shape index (κ2) is 6.58. The first-order chi connectivity index (χ1) is 11.6. The zero-order chi connectivity index (χ0) is 17.1. The number of amides is 1. The Morgan fingerprint density at radius 2 is 2.00 bits per heavy atom. The van der Waals surface area contributed by atoms with E-state index in [9.17, 15) is 9.59 Å². The Morgan fingerprint density at radius 1 is 1.17 bits per heavy atom. The first-order valence-corrected chi connectivity index (χ1v) is 7.61. The molecule has 3 rings (SSSR count). The molecule has 2 aromatic carbocycles. The molecule has 0 bridgehead atoms. The van der Waals surface area contributed by atoms with Gasteiger partial charge in [-0.15, -0.1) is 0 Å². The third kappa shape index (κ3) is 3.30. The number of aromatic nitrogens is 1. The second-order valence-corrected chi connectivity index (χ2v) is 5.63. The van der Waals surface area contributed by atoms with Gasteiger partial charge in [0, 0.05) is 28.6 Å². The van der Waals surface area contributed by atoms with E-state index in [2.05, 4.69) is 10.3 Å². The van der Waals surface area contributed by atoms with Crippen molar-refractivity contribution in [3.8, 4) is 5.75 Å². The van der Waals surface area contributed by atoms with Crippen molar-refractivity contribution in [3.05, 3.63) is 75.6 Å². The lowest BCUT2D eigenvalue weighted by molar-refractivity contribution is 0.0950. The van der Waals surface area contributed by atoms with E-state index in [0.717, 1.165) is 16.5 Å². The van der Waals surface area contributed by atoms with Crippen LogP contribution in [-0.2, 0) is 6.54 Å². The van der Waals surface area contributed by atoms with Gasteiger partial charge >= 0.3 is 0 Å². The van der Waals surface area contributed by atoms with Crippen LogP contribution in [0.5, 0.6) is 5.75 Å². The molecule has 5 nitrogen and oxygen atoms in total. The molecule has 122 valence electrons.